The Morgan fingerprint density at radius 1 is 1.21 bits per heavy atom. The summed E-state index contributed by atoms with van der Waals surface area (Å²) in [7, 11) is 0. The van der Waals surface area contributed by atoms with Crippen LogP contribution in [-0.2, 0) is 16.1 Å². The number of carbonyl (C=O) groups excluding carboxylic acids is 1. The molecule has 0 bridgehead atoms. The molecule has 0 atom stereocenters. The Morgan fingerprint density at radius 2 is 1.97 bits per heavy atom. The molecule has 0 spiro atoms. The van der Waals surface area contributed by atoms with Gasteiger partial charge in [-0.2, -0.15) is 0 Å². The molecule has 1 aliphatic heterocycles. The molecule has 1 aromatic rings. The minimum absolute atomic E-state index is 0.0173. The van der Waals surface area contributed by atoms with Crippen LogP contribution in [0.1, 0.15) is 46.1 Å². The molecule has 1 saturated heterocycles. The van der Waals surface area contributed by atoms with Gasteiger partial charge in [-0.1, -0.05) is 19.1 Å². The molecule has 1 aromatic carbocycles. The first-order valence-corrected chi connectivity index (χ1v) is 10.7. The number of hydrogen-bond acceptors (Lipinski definition) is 4. The van der Waals surface area contributed by atoms with E-state index in [1.54, 1.807) is 0 Å². The third-order valence-corrected chi connectivity index (χ3v) is 5.01. The lowest BCUT2D eigenvalue weighted by Crippen LogP contribution is -2.56. The Balaban J connectivity index is 1.95. The van der Waals surface area contributed by atoms with Crippen LogP contribution in [0.4, 0.5) is 5.69 Å². The number of nitrogens with one attached hydrogen (secondary N) is 3. The molecule has 29 heavy (non-hydrogen) atoms. The fraction of sp³-hybridized carbons (Fsp3) is 0.636. The molecule has 1 aliphatic rings. The zero-order chi connectivity index (χ0) is 21.1. The summed E-state index contributed by atoms with van der Waals surface area (Å²) in [5, 5.41) is 9.74. The molecule has 0 unspecified atom stereocenters. The van der Waals surface area contributed by atoms with E-state index >= 15 is 0 Å². The minimum atomic E-state index is 0.0173. The third kappa shape index (κ3) is 8.03. The Labute approximate surface area is 175 Å². The summed E-state index contributed by atoms with van der Waals surface area (Å²) in [5.74, 6) is 0.850. The van der Waals surface area contributed by atoms with Crippen molar-refractivity contribution in [3.63, 3.8) is 0 Å². The second-order valence-electron chi connectivity index (χ2n) is 7.96. The second kappa shape index (κ2) is 11.8. The minimum Gasteiger partial charge on any atom is -0.379 e. The summed E-state index contributed by atoms with van der Waals surface area (Å²) >= 11 is 0. The first-order valence-electron chi connectivity index (χ1n) is 10.7. The maximum atomic E-state index is 11.8. The van der Waals surface area contributed by atoms with E-state index in [4.69, 9.17) is 9.73 Å². The summed E-state index contributed by atoms with van der Waals surface area (Å²) in [6.45, 7) is 14.2. The van der Waals surface area contributed by atoms with Gasteiger partial charge in [-0.25, -0.2) is 4.99 Å². The Kier molecular flexibility index (Phi) is 9.41. The molecular weight excluding hydrogens is 366 g/mol. The molecule has 162 valence electrons. The summed E-state index contributed by atoms with van der Waals surface area (Å²) < 4.78 is 5.47. The first kappa shape index (κ1) is 23.2. The number of ether oxygens (including phenoxy) is 1. The monoisotopic (exact) mass is 403 g/mol. The van der Waals surface area contributed by atoms with Crippen LogP contribution in [-0.4, -0.2) is 61.7 Å². The van der Waals surface area contributed by atoms with E-state index in [2.05, 4.69) is 41.6 Å². The van der Waals surface area contributed by atoms with E-state index in [1.165, 1.54) is 0 Å². The average Bonchev–Trinajstić information content (AvgIpc) is 2.71. The van der Waals surface area contributed by atoms with Crippen LogP contribution >= 0.6 is 0 Å². The molecule has 0 radical (unpaired) electrons. The van der Waals surface area contributed by atoms with Crippen molar-refractivity contribution in [3.05, 3.63) is 29.8 Å². The van der Waals surface area contributed by atoms with Gasteiger partial charge in [0.25, 0.3) is 0 Å². The number of guanidine groups is 1. The summed E-state index contributed by atoms with van der Waals surface area (Å²) in [6.07, 6.45) is 1.38. The average molecular weight is 404 g/mol. The Bertz CT molecular complexity index is 669. The maximum absolute atomic E-state index is 11.8. The lowest BCUT2D eigenvalue weighted by Gasteiger charge is -2.41. The van der Waals surface area contributed by atoms with Crippen LogP contribution in [0.2, 0.25) is 0 Å². The highest BCUT2D eigenvalue weighted by atomic mass is 16.5. The highest BCUT2D eigenvalue weighted by molar-refractivity contribution is 5.90. The fourth-order valence-electron chi connectivity index (χ4n) is 3.29. The molecular formula is C22H37N5O2. The molecule has 1 heterocycles. The summed E-state index contributed by atoms with van der Waals surface area (Å²) in [5.41, 5.74) is 1.90. The number of aliphatic imine (C=N–C) groups is 1. The molecule has 3 N–H and O–H groups in total. The predicted octanol–water partition coefficient (Wildman–Crippen LogP) is 2.59. The molecule has 0 saturated carbocycles. The van der Waals surface area contributed by atoms with E-state index < -0.39 is 0 Å². The van der Waals surface area contributed by atoms with Gasteiger partial charge in [0.05, 0.1) is 19.8 Å². The number of rotatable bonds is 9. The van der Waals surface area contributed by atoms with Crippen molar-refractivity contribution in [2.75, 3.05) is 44.7 Å². The number of hydrogen-bond donors (Lipinski definition) is 3. The van der Waals surface area contributed by atoms with Gasteiger partial charge >= 0.3 is 0 Å². The number of nitrogens with zero attached hydrogens (tertiary/aromatic N) is 2. The van der Waals surface area contributed by atoms with E-state index in [0.717, 1.165) is 63.0 Å². The fourth-order valence-corrected chi connectivity index (χ4v) is 3.29. The van der Waals surface area contributed by atoms with Crippen molar-refractivity contribution < 1.29 is 9.53 Å². The number of morpholine rings is 1. The molecule has 2 rings (SSSR count). The number of carbonyl (C=O) groups is 1. The number of amides is 1. The van der Waals surface area contributed by atoms with Gasteiger partial charge in [-0.3, -0.25) is 9.69 Å². The van der Waals surface area contributed by atoms with Crippen LogP contribution in [0, 0.1) is 0 Å². The van der Waals surface area contributed by atoms with Crippen molar-refractivity contribution in [3.8, 4) is 0 Å². The SMILES string of the molecule is CCCC(=O)Nc1cccc(CN=C(NCC)NCC(C)(C)N2CCOCC2)c1. The third-order valence-electron chi connectivity index (χ3n) is 5.01. The van der Waals surface area contributed by atoms with E-state index in [1.807, 2.05) is 31.2 Å². The van der Waals surface area contributed by atoms with Gasteiger partial charge in [-0.15, -0.1) is 0 Å². The van der Waals surface area contributed by atoms with Crippen molar-refractivity contribution in [1.29, 1.82) is 0 Å². The van der Waals surface area contributed by atoms with Crippen molar-refractivity contribution >= 4 is 17.6 Å². The standard InChI is InChI=1S/C22H37N5O2/c1-5-8-20(28)26-19-10-7-9-18(15-19)16-24-21(23-6-2)25-17-22(3,4)27-11-13-29-14-12-27/h7,9-10,15H,5-6,8,11-14,16-17H2,1-4H3,(H,26,28)(H2,23,24,25). The first-order chi connectivity index (χ1) is 13.9. The highest BCUT2D eigenvalue weighted by Crippen LogP contribution is 2.15. The van der Waals surface area contributed by atoms with Crippen LogP contribution in [0.25, 0.3) is 0 Å². The number of anilines is 1. The second-order valence-corrected chi connectivity index (χ2v) is 7.96. The van der Waals surface area contributed by atoms with Crippen LogP contribution in [0.15, 0.2) is 29.3 Å². The zero-order valence-corrected chi connectivity index (χ0v) is 18.4. The van der Waals surface area contributed by atoms with Crippen LogP contribution < -0.4 is 16.0 Å². The Morgan fingerprint density at radius 3 is 2.66 bits per heavy atom. The normalized spacial score (nSPS) is 15.8. The smallest absolute Gasteiger partial charge is 0.224 e. The van der Waals surface area contributed by atoms with Crippen LogP contribution in [0.3, 0.4) is 0 Å². The predicted molar refractivity (Wildman–Crippen MR) is 119 cm³/mol. The molecule has 1 fully saturated rings. The van der Waals surface area contributed by atoms with Gasteiger partial charge < -0.3 is 20.7 Å². The van der Waals surface area contributed by atoms with E-state index in [9.17, 15) is 4.79 Å². The largest absolute Gasteiger partial charge is 0.379 e. The molecule has 1 amide bonds. The van der Waals surface area contributed by atoms with Crippen LogP contribution in [0.5, 0.6) is 0 Å². The highest BCUT2D eigenvalue weighted by Gasteiger charge is 2.28. The molecule has 7 heteroatoms. The van der Waals surface area contributed by atoms with Crippen molar-refractivity contribution in [2.45, 2.75) is 52.6 Å². The van der Waals surface area contributed by atoms with Crippen molar-refractivity contribution in [1.82, 2.24) is 15.5 Å². The zero-order valence-electron chi connectivity index (χ0n) is 18.4. The topological polar surface area (TPSA) is 78.0 Å². The molecule has 0 aliphatic carbocycles. The Hall–Kier alpha value is -2.12. The van der Waals surface area contributed by atoms with E-state index in [-0.39, 0.29) is 11.4 Å². The van der Waals surface area contributed by atoms with E-state index in [0.29, 0.717) is 13.0 Å². The van der Waals surface area contributed by atoms with Gasteiger partial charge in [-0.05, 0) is 44.9 Å². The molecule has 0 aromatic heterocycles. The van der Waals surface area contributed by atoms with Gasteiger partial charge in [0, 0.05) is 43.8 Å². The summed E-state index contributed by atoms with van der Waals surface area (Å²) in [4.78, 5) is 19.0. The molecule has 7 nitrogen and oxygen atoms in total. The quantitative estimate of drug-likeness (QED) is 0.436. The lowest BCUT2D eigenvalue weighted by molar-refractivity contribution is -0.116. The van der Waals surface area contributed by atoms with Gasteiger partial charge in [0.15, 0.2) is 5.96 Å². The maximum Gasteiger partial charge on any atom is 0.224 e. The lowest BCUT2D eigenvalue weighted by atomic mass is 10.0. The van der Waals surface area contributed by atoms with Gasteiger partial charge in [0.1, 0.15) is 0 Å². The van der Waals surface area contributed by atoms with Gasteiger partial charge in [0.2, 0.25) is 5.91 Å². The van der Waals surface area contributed by atoms with Crippen molar-refractivity contribution in [2.24, 2.45) is 4.99 Å². The number of benzene rings is 1. The summed E-state index contributed by atoms with van der Waals surface area (Å²) in [6, 6.07) is 7.88.